The van der Waals surface area contributed by atoms with Crippen molar-refractivity contribution in [2.24, 2.45) is 0 Å². The lowest BCUT2D eigenvalue weighted by molar-refractivity contribution is -0.133. The van der Waals surface area contributed by atoms with Gasteiger partial charge in [0.25, 0.3) is 0 Å². The third-order valence-corrected chi connectivity index (χ3v) is 4.43. The standard InChI is InChI=1S/C20H19NO3S/c1-14-3-7-17(8-4-14)23-12-19-21-16(13-25-19)11-20(22)24-18-9-5-15(2)6-10-18/h3-10,13H,11-12H2,1-2H3. The molecule has 0 atom stereocenters. The van der Waals surface area contributed by atoms with Crippen LogP contribution in [0, 0.1) is 13.8 Å². The fourth-order valence-electron chi connectivity index (χ4n) is 2.20. The molecule has 0 N–H and O–H groups in total. The Morgan fingerprint density at radius 3 is 2.20 bits per heavy atom. The Kier molecular flexibility index (Phi) is 5.46. The molecule has 1 aromatic heterocycles. The normalized spacial score (nSPS) is 10.5. The largest absolute Gasteiger partial charge is 0.486 e. The monoisotopic (exact) mass is 353 g/mol. The van der Waals surface area contributed by atoms with Crippen LogP contribution in [0.3, 0.4) is 0 Å². The van der Waals surface area contributed by atoms with Gasteiger partial charge in [-0.05, 0) is 38.1 Å². The van der Waals surface area contributed by atoms with Gasteiger partial charge < -0.3 is 9.47 Å². The highest BCUT2D eigenvalue weighted by molar-refractivity contribution is 7.09. The van der Waals surface area contributed by atoms with Gasteiger partial charge in [0.15, 0.2) is 0 Å². The number of aromatic nitrogens is 1. The topological polar surface area (TPSA) is 48.4 Å². The van der Waals surface area contributed by atoms with Crippen LogP contribution < -0.4 is 9.47 Å². The summed E-state index contributed by atoms with van der Waals surface area (Å²) in [5.74, 6) is 1.04. The second-order valence-electron chi connectivity index (χ2n) is 5.80. The maximum Gasteiger partial charge on any atom is 0.317 e. The van der Waals surface area contributed by atoms with E-state index in [1.165, 1.54) is 16.9 Å². The predicted octanol–water partition coefficient (Wildman–Crippen LogP) is 4.49. The Bertz CT molecular complexity index is 838. The van der Waals surface area contributed by atoms with Crippen LogP contribution in [0.5, 0.6) is 11.5 Å². The van der Waals surface area contributed by atoms with E-state index in [1.807, 2.05) is 55.6 Å². The molecule has 3 rings (SSSR count). The fraction of sp³-hybridized carbons (Fsp3) is 0.200. The molecule has 0 fully saturated rings. The average Bonchev–Trinajstić information content (AvgIpc) is 3.04. The minimum absolute atomic E-state index is 0.148. The van der Waals surface area contributed by atoms with Crippen LogP contribution in [0.1, 0.15) is 21.8 Å². The number of aryl methyl sites for hydroxylation is 2. The van der Waals surface area contributed by atoms with E-state index in [4.69, 9.17) is 9.47 Å². The van der Waals surface area contributed by atoms with Crippen LogP contribution in [-0.2, 0) is 17.8 Å². The van der Waals surface area contributed by atoms with Crippen LogP contribution >= 0.6 is 11.3 Å². The van der Waals surface area contributed by atoms with Gasteiger partial charge in [-0.25, -0.2) is 4.98 Å². The van der Waals surface area contributed by atoms with Crippen molar-refractivity contribution in [3.8, 4) is 11.5 Å². The van der Waals surface area contributed by atoms with E-state index >= 15 is 0 Å². The van der Waals surface area contributed by atoms with Gasteiger partial charge in [-0.1, -0.05) is 35.4 Å². The maximum atomic E-state index is 12.0. The number of carbonyl (C=O) groups is 1. The number of ether oxygens (including phenoxy) is 2. The van der Waals surface area contributed by atoms with E-state index in [0.29, 0.717) is 18.1 Å². The first kappa shape index (κ1) is 17.2. The molecule has 4 nitrogen and oxygen atoms in total. The highest BCUT2D eigenvalue weighted by Gasteiger charge is 2.10. The number of hydrogen-bond acceptors (Lipinski definition) is 5. The molecule has 0 saturated carbocycles. The highest BCUT2D eigenvalue weighted by atomic mass is 32.1. The quantitative estimate of drug-likeness (QED) is 0.484. The van der Waals surface area contributed by atoms with Gasteiger partial charge in [-0.15, -0.1) is 11.3 Å². The first-order chi connectivity index (χ1) is 12.1. The number of thiazole rings is 1. The summed E-state index contributed by atoms with van der Waals surface area (Å²) >= 11 is 1.48. The predicted molar refractivity (Wildman–Crippen MR) is 98.1 cm³/mol. The number of carbonyl (C=O) groups excluding carboxylic acids is 1. The Hall–Kier alpha value is -2.66. The maximum absolute atomic E-state index is 12.0. The van der Waals surface area contributed by atoms with Gasteiger partial charge in [-0.2, -0.15) is 0 Å². The van der Waals surface area contributed by atoms with Crippen molar-refractivity contribution < 1.29 is 14.3 Å². The van der Waals surface area contributed by atoms with E-state index in [-0.39, 0.29) is 12.4 Å². The van der Waals surface area contributed by atoms with E-state index in [2.05, 4.69) is 4.98 Å². The molecule has 0 spiro atoms. The molecule has 0 aliphatic carbocycles. The minimum atomic E-state index is -0.319. The summed E-state index contributed by atoms with van der Waals surface area (Å²) in [5, 5.41) is 2.70. The van der Waals surface area contributed by atoms with Crippen molar-refractivity contribution in [2.75, 3.05) is 0 Å². The zero-order chi connectivity index (χ0) is 17.6. The Balaban J connectivity index is 1.51. The second-order valence-corrected chi connectivity index (χ2v) is 6.74. The molecule has 1 heterocycles. The molecule has 0 aliphatic rings. The summed E-state index contributed by atoms with van der Waals surface area (Å²) in [6, 6.07) is 15.3. The minimum Gasteiger partial charge on any atom is -0.486 e. The van der Waals surface area contributed by atoms with Gasteiger partial charge in [0.1, 0.15) is 23.1 Å². The molecule has 3 aromatic rings. The smallest absolute Gasteiger partial charge is 0.317 e. The number of esters is 1. The zero-order valence-corrected chi connectivity index (χ0v) is 15.0. The summed E-state index contributed by atoms with van der Waals surface area (Å²) in [4.78, 5) is 16.4. The van der Waals surface area contributed by atoms with E-state index in [9.17, 15) is 4.79 Å². The Labute approximate surface area is 151 Å². The first-order valence-corrected chi connectivity index (χ1v) is 8.86. The molecule has 128 valence electrons. The van der Waals surface area contributed by atoms with Crippen molar-refractivity contribution in [2.45, 2.75) is 26.9 Å². The lowest BCUT2D eigenvalue weighted by Crippen LogP contribution is -2.11. The molecule has 0 radical (unpaired) electrons. The van der Waals surface area contributed by atoms with E-state index in [1.54, 1.807) is 12.1 Å². The summed E-state index contributed by atoms with van der Waals surface area (Å²) in [5.41, 5.74) is 3.01. The molecule has 0 bridgehead atoms. The molecule has 0 aliphatic heterocycles. The summed E-state index contributed by atoms with van der Waals surface area (Å²) < 4.78 is 11.0. The van der Waals surface area contributed by atoms with Gasteiger partial charge in [-0.3, -0.25) is 4.79 Å². The van der Waals surface area contributed by atoms with Crippen LogP contribution in [0.25, 0.3) is 0 Å². The van der Waals surface area contributed by atoms with Crippen molar-refractivity contribution in [3.63, 3.8) is 0 Å². The van der Waals surface area contributed by atoms with Crippen molar-refractivity contribution in [1.29, 1.82) is 0 Å². The average molecular weight is 353 g/mol. The summed E-state index contributed by atoms with van der Waals surface area (Å²) in [7, 11) is 0. The van der Waals surface area contributed by atoms with Crippen LogP contribution in [0.4, 0.5) is 0 Å². The molecule has 5 heteroatoms. The second kappa shape index (κ2) is 7.94. The van der Waals surface area contributed by atoms with Gasteiger partial charge in [0.2, 0.25) is 0 Å². The van der Waals surface area contributed by atoms with Gasteiger partial charge in [0, 0.05) is 5.38 Å². The van der Waals surface area contributed by atoms with E-state index < -0.39 is 0 Å². The molecule has 0 saturated heterocycles. The number of hydrogen-bond donors (Lipinski definition) is 0. The third kappa shape index (κ3) is 5.16. The van der Waals surface area contributed by atoms with Crippen LogP contribution in [-0.4, -0.2) is 11.0 Å². The van der Waals surface area contributed by atoms with Crippen LogP contribution in [0.15, 0.2) is 53.9 Å². The molecule has 2 aromatic carbocycles. The SMILES string of the molecule is Cc1ccc(OCc2nc(CC(=O)Oc3ccc(C)cc3)cs2)cc1. The molecular formula is C20H19NO3S. The molecule has 0 unspecified atom stereocenters. The molecule has 0 amide bonds. The summed E-state index contributed by atoms with van der Waals surface area (Å²) in [6.45, 7) is 4.41. The molecule has 25 heavy (non-hydrogen) atoms. The fourth-order valence-corrected chi connectivity index (χ4v) is 2.90. The Morgan fingerprint density at radius 2 is 1.56 bits per heavy atom. The first-order valence-electron chi connectivity index (χ1n) is 7.98. The zero-order valence-electron chi connectivity index (χ0n) is 14.2. The number of nitrogens with zero attached hydrogens (tertiary/aromatic N) is 1. The summed E-state index contributed by atoms with van der Waals surface area (Å²) in [6.07, 6.45) is 0.148. The van der Waals surface area contributed by atoms with Crippen molar-refractivity contribution >= 4 is 17.3 Å². The van der Waals surface area contributed by atoms with Gasteiger partial charge >= 0.3 is 5.97 Å². The lowest BCUT2D eigenvalue weighted by atomic mass is 10.2. The Morgan fingerprint density at radius 1 is 0.960 bits per heavy atom. The van der Waals surface area contributed by atoms with Crippen molar-refractivity contribution in [3.05, 3.63) is 75.7 Å². The van der Waals surface area contributed by atoms with Crippen LogP contribution in [0.2, 0.25) is 0 Å². The van der Waals surface area contributed by atoms with Crippen molar-refractivity contribution in [1.82, 2.24) is 4.98 Å². The number of rotatable bonds is 6. The lowest BCUT2D eigenvalue weighted by Gasteiger charge is -2.04. The van der Waals surface area contributed by atoms with Gasteiger partial charge in [0.05, 0.1) is 12.1 Å². The highest BCUT2D eigenvalue weighted by Crippen LogP contribution is 2.17. The number of benzene rings is 2. The molecular weight excluding hydrogens is 334 g/mol. The third-order valence-electron chi connectivity index (χ3n) is 3.56. The van der Waals surface area contributed by atoms with E-state index in [0.717, 1.165) is 16.3 Å².